The first kappa shape index (κ1) is 25.2. The molecule has 0 aromatic carbocycles. The third-order valence-electron chi connectivity index (χ3n) is 3.71. The van der Waals surface area contributed by atoms with E-state index in [2.05, 4.69) is 67.7 Å². The summed E-state index contributed by atoms with van der Waals surface area (Å²) in [5.74, 6) is 0.330. The fraction of sp³-hybridized carbons (Fsp3) is 0.560. The van der Waals surface area contributed by atoms with Crippen molar-refractivity contribution in [2.45, 2.75) is 78.6 Å². The molecule has 27 heavy (non-hydrogen) atoms. The highest BCUT2D eigenvalue weighted by Gasteiger charge is 2.02. The average molecular weight is 373 g/mol. The summed E-state index contributed by atoms with van der Waals surface area (Å²) in [6.07, 6.45) is 30.8. The molecule has 0 unspecified atom stereocenters. The minimum Gasteiger partial charge on any atom is -0.465 e. The van der Waals surface area contributed by atoms with Crippen LogP contribution in [-0.4, -0.2) is 12.6 Å². The van der Waals surface area contributed by atoms with Gasteiger partial charge in [-0.25, -0.2) is 0 Å². The summed E-state index contributed by atoms with van der Waals surface area (Å²) in [6.45, 7) is 6.82. The summed E-state index contributed by atoms with van der Waals surface area (Å²) < 4.78 is 5.15. The highest BCUT2D eigenvalue weighted by molar-refractivity contribution is 5.69. The number of allylic oxidation sites excluding steroid dienone is 10. The van der Waals surface area contributed by atoms with Crippen LogP contribution in [0.4, 0.5) is 0 Å². The van der Waals surface area contributed by atoms with E-state index in [0.29, 0.717) is 18.9 Å². The SMILES string of the molecule is CCC/C=C\C/C=C\C/C=C\C/C=C\C/C=C\CCCC(=O)OCC(C)C. The van der Waals surface area contributed by atoms with Gasteiger partial charge in [0.15, 0.2) is 0 Å². The predicted octanol–water partition coefficient (Wildman–Crippen LogP) is 7.50. The van der Waals surface area contributed by atoms with E-state index >= 15 is 0 Å². The topological polar surface area (TPSA) is 26.3 Å². The van der Waals surface area contributed by atoms with Gasteiger partial charge in [0.25, 0.3) is 0 Å². The first-order chi connectivity index (χ1) is 13.2. The Morgan fingerprint density at radius 2 is 1.19 bits per heavy atom. The Kier molecular flexibility index (Phi) is 19.1. The average Bonchev–Trinajstić information content (AvgIpc) is 2.65. The van der Waals surface area contributed by atoms with Gasteiger partial charge in [-0.3, -0.25) is 4.79 Å². The Bertz CT molecular complexity index is 479. The summed E-state index contributed by atoms with van der Waals surface area (Å²) in [4.78, 5) is 11.4. The molecule has 0 aliphatic carbocycles. The molecule has 0 amide bonds. The predicted molar refractivity (Wildman–Crippen MR) is 119 cm³/mol. The van der Waals surface area contributed by atoms with Crippen molar-refractivity contribution in [3.05, 3.63) is 60.8 Å². The first-order valence-electron chi connectivity index (χ1n) is 10.6. The third-order valence-corrected chi connectivity index (χ3v) is 3.71. The van der Waals surface area contributed by atoms with Crippen LogP contribution in [0.1, 0.15) is 78.6 Å². The monoisotopic (exact) mass is 372 g/mol. The van der Waals surface area contributed by atoms with Crippen LogP contribution in [0.3, 0.4) is 0 Å². The second-order valence-electron chi connectivity index (χ2n) is 7.06. The van der Waals surface area contributed by atoms with Crippen LogP contribution in [0.5, 0.6) is 0 Å². The van der Waals surface area contributed by atoms with Crippen molar-refractivity contribution in [3.8, 4) is 0 Å². The molecule has 0 aliphatic rings. The van der Waals surface area contributed by atoms with Crippen LogP contribution in [0.25, 0.3) is 0 Å². The Hall–Kier alpha value is -1.83. The van der Waals surface area contributed by atoms with Crippen LogP contribution >= 0.6 is 0 Å². The molecule has 0 aromatic heterocycles. The molecule has 0 heterocycles. The zero-order chi connectivity index (χ0) is 20.0. The molecule has 0 rings (SSSR count). The lowest BCUT2D eigenvalue weighted by Gasteiger charge is -2.06. The molecule has 0 saturated carbocycles. The van der Waals surface area contributed by atoms with E-state index in [1.807, 2.05) is 13.8 Å². The van der Waals surface area contributed by atoms with Gasteiger partial charge in [0, 0.05) is 6.42 Å². The van der Waals surface area contributed by atoms with Crippen LogP contribution in [0.15, 0.2) is 60.8 Å². The van der Waals surface area contributed by atoms with Crippen LogP contribution in [-0.2, 0) is 9.53 Å². The fourth-order valence-corrected chi connectivity index (χ4v) is 2.18. The molecule has 0 aliphatic heterocycles. The molecule has 2 nitrogen and oxygen atoms in total. The van der Waals surface area contributed by atoms with Crippen molar-refractivity contribution in [2.75, 3.05) is 6.61 Å². The number of carbonyl (C=O) groups is 1. The normalized spacial score (nSPS) is 12.7. The highest BCUT2D eigenvalue weighted by atomic mass is 16.5. The van der Waals surface area contributed by atoms with E-state index in [0.717, 1.165) is 38.5 Å². The first-order valence-corrected chi connectivity index (χ1v) is 10.6. The molecule has 0 atom stereocenters. The van der Waals surface area contributed by atoms with Crippen molar-refractivity contribution in [3.63, 3.8) is 0 Å². The molecule has 0 radical (unpaired) electrons. The fourth-order valence-electron chi connectivity index (χ4n) is 2.18. The van der Waals surface area contributed by atoms with E-state index in [9.17, 15) is 4.79 Å². The smallest absolute Gasteiger partial charge is 0.305 e. The number of rotatable bonds is 16. The van der Waals surface area contributed by atoms with Gasteiger partial charge in [-0.15, -0.1) is 0 Å². The number of hydrogen-bond donors (Lipinski definition) is 0. The molecule has 0 saturated heterocycles. The maximum absolute atomic E-state index is 11.4. The number of hydrogen-bond acceptors (Lipinski definition) is 2. The lowest BCUT2D eigenvalue weighted by molar-refractivity contribution is -0.144. The van der Waals surface area contributed by atoms with E-state index in [-0.39, 0.29) is 5.97 Å². The molecule has 0 spiro atoms. The van der Waals surface area contributed by atoms with Gasteiger partial charge >= 0.3 is 5.97 Å². The van der Waals surface area contributed by atoms with E-state index in [1.165, 1.54) is 12.8 Å². The summed E-state index contributed by atoms with van der Waals surface area (Å²) in [5.41, 5.74) is 0. The van der Waals surface area contributed by atoms with Crippen molar-refractivity contribution < 1.29 is 9.53 Å². The summed E-state index contributed by atoms with van der Waals surface area (Å²) in [7, 11) is 0. The molecular weight excluding hydrogens is 332 g/mol. The summed E-state index contributed by atoms with van der Waals surface area (Å²) >= 11 is 0. The van der Waals surface area contributed by atoms with Crippen molar-refractivity contribution in [1.29, 1.82) is 0 Å². The number of carbonyl (C=O) groups excluding carboxylic acids is 1. The standard InChI is InChI=1S/C25H40O2/c1-4-5-6-7-8-9-10-11-12-13-14-15-16-17-18-19-20-21-22-25(26)27-23-24(2)3/h6-7,9-10,12-13,15-16,18-19,24H,4-5,8,11,14,17,20-23H2,1-3H3/b7-6-,10-9-,13-12-,16-15-,19-18-. The second kappa shape index (κ2) is 20.5. The van der Waals surface area contributed by atoms with Gasteiger partial charge in [0.1, 0.15) is 0 Å². The van der Waals surface area contributed by atoms with Crippen molar-refractivity contribution in [1.82, 2.24) is 0 Å². The Morgan fingerprint density at radius 1 is 0.741 bits per heavy atom. The Labute approximate surface area is 167 Å². The van der Waals surface area contributed by atoms with Crippen molar-refractivity contribution in [2.24, 2.45) is 5.92 Å². The van der Waals surface area contributed by atoms with Crippen LogP contribution in [0.2, 0.25) is 0 Å². The quantitative estimate of drug-likeness (QED) is 0.159. The maximum Gasteiger partial charge on any atom is 0.305 e. The van der Waals surface area contributed by atoms with Crippen molar-refractivity contribution >= 4 is 5.97 Å². The number of unbranched alkanes of at least 4 members (excludes halogenated alkanes) is 2. The van der Waals surface area contributed by atoms with E-state index in [4.69, 9.17) is 4.74 Å². The lowest BCUT2D eigenvalue weighted by atomic mass is 10.2. The minimum atomic E-state index is -0.0772. The zero-order valence-electron chi connectivity index (χ0n) is 17.7. The molecule has 0 bridgehead atoms. The Morgan fingerprint density at radius 3 is 1.63 bits per heavy atom. The molecular formula is C25H40O2. The van der Waals surface area contributed by atoms with E-state index < -0.39 is 0 Å². The van der Waals surface area contributed by atoms with Gasteiger partial charge in [0.05, 0.1) is 6.61 Å². The summed E-state index contributed by atoms with van der Waals surface area (Å²) in [5, 5.41) is 0. The van der Waals surface area contributed by atoms with Gasteiger partial charge in [-0.1, -0.05) is 88.0 Å². The Balaban J connectivity index is 3.51. The third kappa shape index (κ3) is 22.1. The highest BCUT2D eigenvalue weighted by Crippen LogP contribution is 2.02. The van der Waals surface area contributed by atoms with Gasteiger partial charge in [-0.05, 0) is 50.9 Å². The maximum atomic E-state index is 11.4. The lowest BCUT2D eigenvalue weighted by Crippen LogP contribution is -2.09. The molecule has 0 aromatic rings. The molecule has 0 N–H and O–H groups in total. The van der Waals surface area contributed by atoms with Crippen LogP contribution < -0.4 is 0 Å². The molecule has 152 valence electrons. The number of esters is 1. The van der Waals surface area contributed by atoms with Crippen LogP contribution in [0, 0.1) is 5.92 Å². The number of ether oxygens (including phenoxy) is 1. The summed E-state index contributed by atoms with van der Waals surface area (Å²) in [6, 6.07) is 0. The zero-order valence-corrected chi connectivity index (χ0v) is 17.7. The second-order valence-corrected chi connectivity index (χ2v) is 7.06. The van der Waals surface area contributed by atoms with E-state index in [1.54, 1.807) is 0 Å². The molecule has 2 heteroatoms. The minimum absolute atomic E-state index is 0.0772. The largest absolute Gasteiger partial charge is 0.465 e. The van der Waals surface area contributed by atoms with Gasteiger partial charge in [-0.2, -0.15) is 0 Å². The molecule has 0 fully saturated rings. The van der Waals surface area contributed by atoms with Gasteiger partial charge < -0.3 is 4.74 Å². The van der Waals surface area contributed by atoms with Gasteiger partial charge in [0.2, 0.25) is 0 Å².